The Balaban J connectivity index is 0.000000223. The first kappa shape index (κ1) is 29.5. The molecule has 0 unspecified atom stereocenters. The van der Waals surface area contributed by atoms with E-state index in [0.717, 1.165) is 40.7 Å². The Morgan fingerprint density at radius 1 is 0.909 bits per heavy atom. The second kappa shape index (κ2) is 11.5. The summed E-state index contributed by atoms with van der Waals surface area (Å²) in [6, 6.07) is 26.8. The number of hydrogen-bond donors (Lipinski definition) is 0. The van der Waals surface area contributed by atoms with Crippen LogP contribution in [-0.4, -0.2) is 35.2 Å². The monoisotopic (exact) mass is 607 g/mol. The fourth-order valence-electron chi connectivity index (χ4n) is 6.41. The average Bonchev–Trinajstić information content (AvgIpc) is 3.45. The van der Waals surface area contributed by atoms with Gasteiger partial charge in [-0.05, 0) is 73.5 Å². The minimum absolute atomic E-state index is 0.0851. The molecule has 0 atom stereocenters. The highest BCUT2D eigenvalue weighted by atomic mass is 32.2. The van der Waals surface area contributed by atoms with Crippen LogP contribution in [0.15, 0.2) is 83.8 Å². The third-order valence-electron chi connectivity index (χ3n) is 8.00. The number of carbonyl (C=O) groups is 1. The number of rotatable bonds is 6. The molecule has 2 aromatic heterocycles. The van der Waals surface area contributed by atoms with Crippen LogP contribution in [0.1, 0.15) is 36.5 Å². The second-order valence-corrected chi connectivity index (χ2v) is 12.4. The largest absolute Gasteiger partial charge is 0.744 e. The Kier molecular flexibility index (Phi) is 7.69. The fraction of sp³-hybridized carbons (Fsp3) is 0.229. The Bertz CT molecular complexity index is 2280. The number of imidazole rings is 1. The van der Waals surface area contributed by atoms with Crippen LogP contribution in [0.25, 0.3) is 49.1 Å². The molecule has 8 nitrogen and oxygen atoms in total. The van der Waals surface area contributed by atoms with Crippen molar-refractivity contribution in [3.8, 4) is 0 Å². The number of aromatic nitrogens is 3. The highest BCUT2D eigenvalue weighted by molar-refractivity contribution is 7.85. The average molecular weight is 608 g/mol. The van der Waals surface area contributed by atoms with Gasteiger partial charge in [0.15, 0.2) is 5.52 Å². The number of carbonyl (C=O) groups excluding carboxylic acids is 1. The van der Waals surface area contributed by atoms with E-state index < -0.39 is 10.1 Å². The molecule has 0 aliphatic rings. The van der Waals surface area contributed by atoms with Gasteiger partial charge in [-0.2, -0.15) is 0 Å². The number of fused-ring (bicyclic) bond motifs is 6. The van der Waals surface area contributed by atoms with Crippen molar-refractivity contribution >= 4 is 65.2 Å². The summed E-state index contributed by atoms with van der Waals surface area (Å²) in [5.41, 5.74) is 6.25. The minimum Gasteiger partial charge on any atom is -0.744 e. The smallest absolute Gasteiger partial charge is 0.308 e. The summed E-state index contributed by atoms with van der Waals surface area (Å²) in [5, 5.41) is 11.2. The van der Waals surface area contributed by atoms with Crippen molar-refractivity contribution in [3.63, 3.8) is 0 Å². The van der Waals surface area contributed by atoms with Crippen molar-refractivity contribution in [1.82, 2.24) is 9.61 Å². The summed E-state index contributed by atoms with van der Waals surface area (Å²) in [6.07, 6.45) is 1.13. The van der Waals surface area contributed by atoms with Crippen LogP contribution in [-0.2, 0) is 26.2 Å². The molecule has 5 aromatic carbocycles. The maximum atomic E-state index is 11.8. The number of hydrogen-bond acceptors (Lipinski definition) is 6. The van der Waals surface area contributed by atoms with E-state index in [2.05, 4.69) is 59.2 Å². The molecule has 7 rings (SSSR count). The van der Waals surface area contributed by atoms with Crippen molar-refractivity contribution in [2.75, 3.05) is 6.61 Å². The molecule has 0 spiro atoms. The Morgan fingerprint density at radius 2 is 1.59 bits per heavy atom. The predicted molar refractivity (Wildman–Crippen MR) is 171 cm³/mol. The normalized spacial score (nSPS) is 11.9. The molecule has 0 bridgehead atoms. The lowest BCUT2D eigenvalue weighted by molar-refractivity contribution is -0.646. The van der Waals surface area contributed by atoms with Crippen molar-refractivity contribution in [2.24, 2.45) is 0 Å². The van der Waals surface area contributed by atoms with Gasteiger partial charge in [-0.1, -0.05) is 75.8 Å². The zero-order chi connectivity index (χ0) is 31.2. The van der Waals surface area contributed by atoms with E-state index in [0.29, 0.717) is 24.2 Å². The van der Waals surface area contributed by atoms with Crippen LogP contribution >= 0.6 is 0 Å². The molecule has 2 heterocycles. The summed E-state index contributed by atoms with van der Waals surface area (Å²) >= 11 is 0. The van der Waals surface area contributed by atoms with Gasteiger partial charge in [-0.3, -0.25) is 4.79 Å². The van der Waals surface area contributed by atoms with Crippen molar-refractivity contribution in [3.05, 3.63) is 95.6 Å². The van der Waals surface area contributed by atoms with Crippen LogP contribution in [0.3, 0.4) is 0 Å². The molecule has 0 amide bonds. The van der Waals surface area contributed by atoms with Gasteiger partial charge in [-0.15, -0.1) is 0 Å². The lowest BCUT2D eigenvalue weighted by Gasteiger charge is -2.14. The maximum Gasteiger partial charge on any atom is 0.308 e. The molecule has 0 radical (unpaired) electrons. The number of ether oxygens (including phenoxy) is 1. The highest BCUT2D eigenvalue weighted by Crippen LogP contribution is 2.37. The summed E-state index contributed by atoms with van der Waals surface area (Å²) in [7, 11) is -4.33. The standard InChI is InChI=1S/C26H22N3O2.C9H12O3S/c1-2-31-24(30)14-7-15-28-21-12-3-4-13-22(21)29-23(28)16-20-18-10-5-8-17-9-6-11-19(25(17)18)26(20)27-29;1-6-4-7(2)9(8(3)5-6)13(10,11)12/h3-6,8-13,16H,2,7,14-15H2,1H3;4-5H,1-3H3,(H,10,11,12)/q+1;/p-1. The van der Waals surface area contributed by atoms with E-state index in [9.17, 15) is 17.8 Å². The van der Waals surface area contributed by atoms with E-state index in [-0.39, 0.29) is 10.9 Å². The van der Waals surface area contributed by atoms with Crippen molar-refractivity contribution in [2.45, 2.75) is 52.0 Å². The second-order valence-electron chi connectivity index (χ2n) is 11.1. The number of nitrogens with zero attached hydrogens (tertiary/aromatic N) is 3. The number of benzene rings is 4. The van der Waals surface area contributed by atoms with Gasteiger partial charge in [0.05, 0.1) is 18.0 Å². The van der Waals surface area contributed by atoms with Gasteiger partial charge < -0.3 is 9.29 Å². The van der Waals surface area contributed by atoms with Gasteiger partial charge in [0.25, 0.3) is 0 Å². The predicted octanol–water partition coefficient (Wildman–Crippen LogP) is 6.53. The topological polar surface area (TPSA) is 105 Å². The van der Waals surface area contributed by atoms with E-state index >= 15 is 0 Å². The van der Waals surface area contributed by atoms with Gasteiger partial charge in [0.2, 0.25) is 5.52 Å². The number of aryl methyl sites for hydroxylation is 4. The Hall–Kier alpha value is -4.60. The third-order valence-corrected chi connectivity index (χ3v) is 9.14. The molecule has 0 aliphatic carbocycles. The summed E-state index contributed by atoms with van der Waals surface area (Å²) in [6.45, 7) is 8.11. The van der Waals surface area contributed by atoms with Gasteiger partial charge in [0, 0.05) is 23.3 Å². The molecular formula is C35H33N3O5S. The first-order valence-corrected chi connectivity index (χ1v) is 16.1. The lowest BCUT2D eigenvalue weighted by atomic mass is 10.1. The quantitative estimate of drug-likeness (QED) is 0.121. The molecule has 0 saturated heterocycles. The van der Waals surface area contributed by atoms with Gasteiger partial charge >= 0.3 is 11.6 Å². The summed E-state index contributed by atoms with van der Waals surface area (Å²) in [5.74, 6) is -0.142. The zero-order valence-electron chi connectivity index (χ0n) is 25.1. The van der Waals surface area contributed by atoms with Crippen LogP contribution in [0.4, 0.5) is 0 Å². The highest BCUT2D eigenvalue weighted by Gasteiger charge is 2.23. The van der Waals surface area contributed by atoms with E-state index in [1.807, 2.05) is 30.5 Å². The lowest BCUT2D eigenvalue weighted by Crippen LogP contribution is -2.34. The SMILES string of the molecule is CCOC(=O)CCC[n+]1c2ccccc2n2nc3c(cc21)c1cccc2cccc3c21.Cc1cc(C)c(S(=O)(=O)[O-])c(C)c1. The minimum atomic E-state index is -4.33. The molecule has 9 heteroatoms. The molecule has 0 N–H and O–H groups in total. The summed E-state index contributed by atoms with van der Waals surface area (Å²) in [4.78, 5) is 11.8. The first-order valence-electron chi connectivity index (χ1n) is 14.6. The zero-order valence-corrected chi connectivity index (χ0v) is 25.9. The Morgan fingerprint density at radius 3 is 2.27 bits per heavy atom. The molecular weight excluding hydrogens is 574 g/mol. The molecule has 224 valence electrons. The van der Waals surface area contributed by atoms with Crippen LogP contribution in [0.5, 0.6) is 0 Å². The third kappa shape index (κ3) is 5.22. The van der Waals surface area contributed by atoms with E-state index in [1.54, 1.807) is 26.0 Å². The number of esters is 1. The molecule has 44 heavy (non-hydrogen) atoms. The molecule has 7 aromatic rings. The van der Waals surface area contributed by atoms with Crippen LogP contribution < -0.4 is 4.57 Å². The maximum absolute atomic E-state index is 11.8. The summed E-state index contributed by atoms with van der Waals surface area (Å²) < 4.78 is 41.9. The van der Waals surface area contributed by atoms with Crippen molar-refractivity contribution < 1.29 is 27.1 Å². The van der Waals surface area contributed by atoms with Gasteiger partial charge in [0.1, 0.15) is 15.6 Å². The van der Waals surface area contributed by atoms with Crippen molar-refractivity contribution in [1.29, 1.82) is 0 Å². The van der Waals surface area contributed by atoms with Crippen LogP contribution in [0.2, 0.25) is 0 Å². The fourth-order valence-corrected chi connectivity index (χ4v) is 7.31. The van der Waals surface area contributed by atoms with E-state index in [1.165, 1.54) is 26.9 Å². The van der Waals surface area contributed by atoms with Crippen LogP contribution in [0, 0.1) is 20.8 Å². The van der Waals surface area contributed by atoms with E-state index in [4.69, 9.17) is 9.84 Å². The molecule has 0 fully saturated rings. The molecule has 0 saturated carbocycles. The molecule has 0 aliphatic heterocycles. The van der Waals surface area contributed by atoms with Gasteiger partial charge in [-0.25, -0.2) is 13.0 Å². The Labute approximate surface area is 255 Å². The number of para-hydroxylation sites is 2. The first-order chi connectivity index (χ1) is 21.1.